The summed E-state index contributed by atoms with van der Waals surface area (Å²) in [5.41, 5.74) is 8.61. The molecule has 0 amide bonds. The van der Waals surface area contributed by atoms with Gasteiger partial charge in [-0.15, -0.1) is 0 Å². The highest BCUT2D eigenvalue weighted by atomic mass is 16.5. The van der Waals surface area contributed by atoms with Crippen molar-refractivity contribution in [2.24, 2.45) is 5.73 Å². The van der Waals surface area contributed by atoms with Crippen molar-refractivity contribution in [2.75, 3.05) is 6.61 Å². The largest absolute Gasteiger partial charge is 0.378 e. The molecule has 2 nitrogen and oxygen atoms in total. The molecule has 2 rings (SSSR count). The number of benzene rings is 1. The van der Waals surface area contributed by atoms with Crippen molar-refractivity contribution >= 4 is 0 Å². The van der Waals surface area contributed by atoms with Crippen molar-refractivity contribution in [1.82, 2.24) is 0 Å². The summed E-state index contributed by atoms with van der Waals surface area (Å²) >= 11 is 0. The Morgan fingerprint density at radius 1 is 1.50 bits per heavy atom. The number of aryl methyl sites for hydroxylation is 1. The van der Waals surface area contributed by atoms with E-state index in [-0.39, 0.29) is 5.54 Å². The Morgan fingerprint density at radius 3 is 2.94 bits per heavy atom. The standard InChI is InChI=1S/C14H21NO/c1-11-5-3-6-12(9-11)14(2,15)10-13-7-4-8-16-13/h3,5-6,9,13H,4,7-8,10,15H2,1-2H3. The lowest BCUT2D eigenvalue weighted by molar-refractivity contribution is 0.0856. The third-order valence-corrected chi connectivity index (χ3v) is 3.35. The van der Waals surface area contributed by atoms with Crippen LogP contribution in [0.3, 0.4) is 0 Å². The van der Waals surface area contributed by atoms with Gasteiger partial charge in [-0.3, -0.25) is 0 Å². The van der Waals surface area contributed by atoms with Crippen LogP contribution in [0.1, 0.15) is 37.3 Å². The van der Waals surface area contributed by atoms with Gasteiger partial charge in [-0.1, -0.05) is 29.8 Å². The fraction of sp³-hybridized carbons (Fsp3) is 0.571. The Morgan fingerprint density at radius 2 is 2.31 bits per heavy atom. The number of ether oxygens (including phenoxy) is 1. The molecule has 2 heteroatoms. The van der Waals surface area contributed by atoms with Gasteiger partial charge in [0.05, 0.1) is 6.10 Å². The second-order valence-corrected chi connectivity index (χ2v) is 5.13. The maximum absolute atomic E-state index is 6.41. The molecule has 0 bridgehead atoms. The van der Waals surface area contributed by atoms with Crippen molar-refractivity contribution < 1.29 is 4.74 Å². The summed E-state index contributed by atoms with van der Waals surface area (Å²) in [5.74, 6) is 0. The van der Waals surface area contributed by atoms with Gasteiger partial charge in [0, 0.05) is 12.1 Å². The summed E-state index contributed by atoms with van der Waals surface area (Å²) in [6.45, 7) is 5.10. The minimum atomic E-state index is -0.277. The van der Waals surface area contributed by atoms with E-state index in [2.05, 4.69) is 38.1 Å². The molecular formula is C14H21NO. The molecule has 1 aromatic carbocycles. The van der Waals surface area contributed by atoms with Crippen molar-refractivity contribution in [3.63, 3.8) is 0 Å². The lowest BCUT2D eigenvalue weighted by Gasteiger charge is -2.28. The predicted octanol–water partition coefficient (Wildman–Crippen LogP) is 2.74. The first-order valence-corrected chi connectivity index (χ1v) is 6.05. The van der Waals surface area contributed by atoms with Crippen LogP contribution >= 0.6 is 0 Å². The van der Waals surface area contributed by atoms with Gasteiger partial charge < -0.3 is 10.5 Å². The normalized spacial score (nSPS) is 24.3. The number of nitrogens with two attached hydrogens (primary N) is 1. The molecule has 88 valence electrons. The second kappa shape index (κ2) is 4.56. The zero-order valence-corrected chi connectivity index (χ0v) is 10.2. The fourth-order valence-electron chi connectivity index (χ4n) is 2.40. The topological polar surface area (TPSA) is 35.2 Å². The van der Waals surface area contributed by atoms with Crippen molar-refractivity contribution in [3.05, 3.63) is 35.4 Å². The maximum Gasteiger partial charge on any atom is 0.0596 e. The summed E-state index contributed by atoms with van der Waals surface area (Å²) in [7, 11) is 0. The van der Waals surface area contributed by atoms with E-state index in [0.29, 0.717) is 6.10 Å². The van der Waals surface area contributed by atoms with Gasteiger partial charge in [0.25, 0.3) is 0 Å². The summed E-state index contributed by atoms with van der Waals surface area (Å²) < 4.78 is 5.66. The van der Waals surface area contributed by atoms with Gasteiger partial charge >= 0.3 is 0 Å². The smallest absolute Gasteiger partial charge is 0.0596 e. The molecule has 1 aromatic rings. The highest BCUT2D eigenvalue weighted by molar-refractivity contribution is 5.28. The molecule has 16 heavy (non-hydrogen) atoms. The highest BCUT2D eigenvalue weighted by Gasteiger charge is 2.28. The van der Waals surface area contributed by atoms with Crippen LogP contribution < -0.4 is 5.73 Å². The lowest BCUT2D eigenvalue weighted by atomic mass is 9.86. The first-order chi connectivity index (χ1) is 7.58. The van der Waals surface area contributed by atoms with Crippen LogP contribution in [0, 0.1) is 6.92 Å². The Bertz CT molecular complexity index is 354. The summed E-state index contributed by atoms with van der Waals surface area (Å²) in [6.07, 6.45) is 3.58. The highest BCUT2D eigenvalue weighted by Crippen LogP contribution is 2.28. The molecule has 1 saturated heterocycles. The van der Waals surface area contributed by atoms with E-state index in [1.54, 1.807) is 0 Å². The van der Waals surface area contributed by atoms with Crippen LogP contribution in [-0.2, 0) is 10.3 Å². The van der Waals surface area contributed by atoms with E-state index in [1.165, 1.54) is 17.5 Å². The van der Waals surface area contributed by atoms with E-state index in [9.17, 15) is 0 Å². The minimum Gasteiger partial charge on any atom is -0.378 e. The second-order valence-electron chi connectivity index (χ2n) is 5.13. The van der Waals surface area contributed by atoms with Crippen LogP contribution in [0.15, 0.2) is 24.3 Å². The molecule has 0 saturated carbocycles. The van der Waals surface area contributed by atoms with Crippen LogP contribution in [-0.4, -0.2) is 12.7 Å². The molecule has 2 atom stereocenters. The molecule has 1 aliphatic heterocycles. The van der Waals surface area contributed by atoms with Crippen LogP contribution in [0.4, 0.5) is 0 Å². The Balaban J connectivity index is 2.10. The van der Waals surface area contributed by atoms with Crippen LogP contribution in [0.25, 0.3) is 0 Å². The van der Waals surface area contributed by atoms with Crippen LogP contribution in [0.2, 0.25) is 0 Å². The predicted molar refractivity (Wildman–Crippen MR) is 66.3 cm³/mol. The monoisotopic (exact) mass is 219 g/mol. The van der Waals surface area contributed by atoms with Gasteiger partial charge in [-0.2, -0.15) is 0 Å². The van der Waals surface area contributed by atoms with Crippen molar-refractivity contribution in [1.29, 1.82) is 0 Å². The van der Waals surface area contributed by atoms with Gasteiger partial charge in [-0.25, -0.2) is 0 Å². The van der Waals surface area contributed by atoms with Gasteiger partial charge in [-0.05, 0) is 38.7 Å². The van der Waals surface area contributed by atoms with E-state index in [1.807, 2.05) is 0 Å². The molecule has 0 spiro atoms. The van der Waals surface area contributed by atoms with Crippen molar-refractivity contribution in [2.45, 2.75) is 44.8 Å². The number of rotatable bonds is 3. The maximum atomic E-state index is 6.41. The minimum absolute atomic E-state index is 0.277. The molecule has 0 radical (unpaired) electrons. The zero-order chi connectivity index (χ0) is 11.6. The molecule has 0 aliphatic carbocycles. The van der Waals surface area contributed by atoms with E-state index in [4.69, 9.17) is 10.5 Å². The Hall–Kier alpha value is -0.860. The SMILES string of the molecule is Cc1cccc(C(C)(N)CC2CCCO2)c1. The third-order valence-electron chi connectivity index (χ3n) is 3.35. The van der Waals surface area contributed by atoms with Gasteiger partial charge in [0.1, 0.15) is 0 Å². The lowest BCUT2D eigenvalue weighted by Crippen LogP contribution is -2.36. The van der Waals surface area contributed by atoms with E-state index >= 15 is 0 Å². The quantitative estimate of drug-likeness (QED) is 0.848. The Kier molecular flexibility index (Phi) is 3.31. The Labute approximate surface area is 97.8 Å². The molecule has 1 heterocycles. The van der Waals surface area contributed by atoms with Gasteiger partial charge in [0.15, 0.2) is 0 Å². The third kappa shape index (κ3) is 2.63. The molecule has 1 aliphatic rings. The summed E-state index contributed by atoms with van der Waals surface area (Å²) in [6, 6.07) is 8.47. The molecular weight excluding hydrogens is 198 g/mol. The van der Waals surface area contributed by atoms with E-state index < -0.39 is 0 Å². The summed E-state index contributed by atoms with van der Waals surface area (Å²) in [5, 5.41) is 0. The fourth-order valence-corrected chi connectivity index (χ4v) is 2.40. The molecule has 0 aromatic heterocycles. The average Bonchev–Trinajstić information content (AvgIpc) is 2.70. The molecule has 1 fully saturated rings. The first kappa shape index (κ1) is 11.6. The average molecular weight is 219 g/mol. The van der Waals surface area contributed by atoms with Crippen LogP contribution in [0.5, 0.6) is 0 Å². The van der Waals surface area contributed by atoms with Gasteiger partial charge in [0.2, 0.25) is 0 Å². The first-order valence-electron chi connectivity index (χ1n) is 6.05. The van der Waals surface area contributed by atoms with Crippen molar-refractivity contribution in [3.8, 4) is 0 Å². The number of hydrogen-bond acceptors (Lipinski definition) is 2. The number of hydrogen-bond donors (Lipinski definition) is 1. The zero-order valence-electron chi connectivity index (χ0n) is 10.2. The molecule has 2 unspecified atom stereocenters. The molecule has 2 N–H and O–H groups in total. The summed E-state index contributed by atoms with van der Waals surface area (Å²) in [4.78, 5) is 0. The van der Waals surface area contributed by atoms with E-state index in [0.717, 1.165) is 19.4 Å².